The number of nitrogens with zero attached hydrogens (tertiary/aromatic N) is 2. The van der Waals surface area contributed by atoms with Crippen LogP contribution in [0.25, 0.3) is 0 Å². The molecule has 0 aromatic heterocycles. The Morgan fingerprint density at radius 2 is 1.88 bits per heavy atom. The van der Waals surface area contributed by atoms with E-state index in [-0.39, 0.29) is 6.61 Å². The number of ether oxygens (including phenoxy) is 1. The molecule has 0 radical (unpaired) electrons. The van der Waals surface area contributed by atoms with Gasteiger partial charge >= 0.3 is 5.09 Å². The maximum atomic E-state index is 10.1. The highest BCUT2D eigenvalue weighted by atomic mass is 17.0. The molecule has 0 heterocycles. The van der Waals surface area contributed by atoms with Crippen LogP contribution in [0.15, 0.2) is 0 Å². The van der Waals surface area contributed by atoms with E-state index >= 15 is 0 Å². The van der Waals surface area contributed by atoms with Gasteiger partial charge in [-0.25, -0.2) is 5.21 Å². The summed E-state index contributed by atoms with van der Waals surface area (Å²) in [7, 11) is 0. The van der Waals surface area contributed by atoms with Crippen molar-refractivity contribution < 1.29 is 29.8 Å². The fourth-order valence-corrected chi connectivity index (χ4v) is 0.721. The smallest absolute Gasteiger partial charge is 0.373 e. The first kappa shape index (κ1) is 14.4. The first-order chi connectivity index (χ1) is 7.20. The van der Waals surface area contributed by atoms with Crippen molar-refractivity contribution in [1.29, 1.82) is 0 Å². The van der Waals surface area contributed by atoms with E-state index in [0.717, 1.165) is 0 Å². The monoisotopic (exact) mass is 239 g/mol. The molecule has 94 valence electrons. The Morgan fingerprint density at radius 3 is 2.25 bits per heavy atom. The zero-order valence-electron chi connectivity index (χ0n) is 9.28. The molecule has 0 saturated heterocycles. The molecule has 0 amide bonds. The van der Waals surface area contributed by atoms with Crippen molar-refractivity contribution in [2.75, 3.05) is 13.2 Å². The van der Waals surface area contributed by atoms with Crippen molar-refractivity contribution in [3.05, 3.63) is 15.0 Å². The van der Waals surface area contributed by atoms with E-state index in [9.17, 15) is 15.0 Å². The van der Waals surface area contributed by atoms with Gasteiger partial charge in [-0.3, -0.25) is 0 Å². The Hall–Kier alpha value is -1.64. The van der Waals surface area contributed by atoms with Crippen molar-refractivity contribution in [2.24, 2.45) is 0 Å². The average molecular weight is 239 g/mol. The van der Waals surface area contributed by atoms with E-state index in [4.69, 9.17) is 9.94 Å². The second kappa shape index (κ2) is 6.05. The minimum Gasteiger partial charge on any atom is -0.373 e. The van der Waals surface area contributed by atoms with Crippen LogP contribution in [0.5, 0.6) is 0 Å². The highest BCUT2D eigenvalue weighted by molar-refractivity contribution is 4.61. The Morgan fingerprint density at radius 1 is 1.31 bits per heavy atom. The molecule has 0 aromatic carbocycles. The molecular weight excluding hydrogens is 224 g/mol. The van der Waals surface area contributed by atoms with Gasteiger partial charge in [0.1, 0.15) is 4.91 Å². The van der Waals surface area contributed by atoms with Gasteiger partial charge in [0.15, 0.2) is 12.7 Å². The first-order valence-electron chi connectivity index (χ1n) is 4.45. The molecule has 0 aliphatic carbocycles. The third-order valence-electron chi connectivity index (χ3n) is 1.31. The summed E-state index contributed by atoms with van der Waals surface area (Å²) in [6.07, 6.45) is -1.09. The third kappa shape index (κ3) is 8.94. The Labute approximate surface area is 91.5 Å². The predicted octanol–water partition coefficient (Wildman–Crippen LogP) is 0.478. The summed E-state index contributed by atoms with van der Waals surface area (Å²) in [6, 6.07) is 0. The average Bonchev–Trinajstić information content (AvgIpc) is 2.07. The summed E-state index contributed by atoms with van der Waals surface area (Å²) in [5, 5.41) is 16.4. The molecule has 9 heteroatoms. The second-order valence-corrected chi connectivity index (χ2v) is 3.91. The summed E-state index contributed by atoms with van der Waals surface area (Å²) >= 11 is 0. The molecule has 0 aliphatic rings. The van der Waals surface area contributed by atoms with Crippen molar-refractivity contribution in [2.45, 2.75) is 32.5 Å². The maximum Gasteiger partial charge on any atom is 0.475 e. The lowest BCUT2D eigenvalue weighted by atomic mass is 10.2. The highest BCUT2D eigenvalue weighted by Gasteiger charge is 2.22. The summed E-state index contributed by atoms with van der Waals surface area (Å²) in [6.45, 7) is 4.63. The van der Waals surface area contributed by atoms with Crippen molar-refractivity contribution in [3.8, 4) is 0 Å². The van der Waals surface area contributed by atoms with Crippen LogP contribution in [0.3, 0.4) is 0 Å². The Bertz CT molecular complexity index is 250. The zero-order chi connectivity index (χ0) is 12.8. The van der Waals surface area contributed by atoms with Crippen LogP contribution in [0.4, 0.5) is 0 Å². The van der Waals surface area contributed by atoms with E-state index in [0.29, 0.717) is 0 Å². The quantitative estimate of drug-likeness (QED) is 0.507. The minimum absolute atomic E-state index is 0.141. The molecule has 0 fully saturated rings. The van der Waals surface area contributed by atoms with Gasteiger partial charge in [-0.1, -0.05) is 0 Å². The summed E-state index contributed by atoms with van der Waals surface area (Å²) in [5.74, 6) is 0. The lowest BCUT2D eigenvalue weighted by Gasteiger charge is -2.21. The molecule has 1 atom stereocenters. The molecule has 0 spiro atoms. The first-order valence-corrected chi connectivity index (χ1v) is 4.45. The van der Waals surface area contributed by atoms with Crippen LogP contribution in [0.2, 0.25) is 0 Å². The van der Waals surface area contributed by atoms with Crippen molar-refractivity contribution >= 4 is 0 Å². The summed E-state index contributed by atoms with van der Waals surface area (Å²) in [5.41, 5.74) is -0.505. The van der Waals surface area contributed by atoms with Crippen LogP contribution in [-0.2, 0) is 14.4 Å². The highest BCUT2D eigenvalue weighted by Crippen LogP contribution is 2.08. The lowest BCUT2D eigenvalue weighted by molar-refractivity contribution is -0.977. The van der Waals surface area contributed by atoms with E-state index in [1.54, 1.807) is 20.8 Å². The van der Waals surface area contributed by atoms with Crippen molar-refractivity contribution in [1.82, 2.24) is 0 Å². The van der Waals surface area contributed by atoms with Crippen LogP contribution >= 0.6 is 0 Å². The maximum absolute atomic E-state index is 10.1. The minimum atomic E-state index is -1.09. The molecule has 0 aromatic rings. The molecule has 16 heavy (non-hydrogen) atoms. The van der Waals surface area contributed by atoms with Crippen LogP contribution in [0.1, 0.15) is 20.8 Å². The fraction of sp³-hybridized carbons (Fsp3) is 1.00. The van der Waals surface area contributed by atoms with Crippen LogP contribution in [0, 0.1) is 15.0 Å². The van der Waals surface area contributed by atoms with Gasteiger partial charge in [0, 0.05) is 0 Å². The number of hydrogen-bond donors (Lipinski definition) is 1. The number of hydrogen-bond acceptors (Lipinski definition) is 6. The molecule has 1 unspecified atom stereocenters. The van der Waals surface area contributed by atoms with Gasteiger partial charge < -0.3 is 9.57 Å². The van der Waals surface area contributed by atoms with Gasteiger partial charge in [0.05, 0.1) is 12.2 Å². The van der Waals surface area contributed by atoms with E-state index in [2.05, 4.69) is 9.68 Å². The van der Waals surface area contributed by atoms with Gasteiger partial charge in [-0.15, -0.1) is 10.1 Å². The Kier molecular flexibility index (Phi) is 5.43. The largest absolute Gasteiger partial charge is 0.475 e. The van der Waals surface area contributed by atoms with Gasteiger partial charge in [0.2, 0.25) is 0 Å². The molecule has 0 bridgehead atoms. The van der Waals surface area contributed by atoms with E-state index < -0.39 is 28.5 Å². The van der Waals surface area contributed by atoms with Gasteiger partial charge in [-0.05, 0) is 20.8 Å². The third-order valence-corrected chi connectivity index (χ3v) is 1.31. The van der Waals surface area contributed by atoms with E-state index in [1.165, 1.54) is 0 Å². The zero-order valence-corrected chi connectivity index (χ0v) is 9.28. The van der Waals surface area contributed by atoms with Gasteiger partial charge in [-0.2, -0.15) is 4.84 Å². The summed E-state index contributed by atoms with van der Waals surface area (Å²) < 4.78 is 5.21. The number of rotatable bonds is 7. The molecular formula is C7H15N2O7+. The SMILES string of the molecule is CC(C)(C)OCC(CO[N+](=O)O)O[N+](=O)[O-]. The molecule has 9 nitrogen and oxygen atoms in total. The fourth-order valence-electron chi connectivity index (χ4n) is 0.721. The Balaban J connectivity index is 4.10. The topological polar surface area (TPSA) is 111 Å². The molecule has 0 saturated carbocycles. The van der Waals surface area contributed by atoms with Crippen LogP contribution < -0.4 is 0 Å². The molecule has 0 rings (SSSR count). The normalized spacial score (nSPS) is 12.9. The predicted molar refractivity (Wildman–Crippen MR) is 48.9 cm³/mol. The summed E-state index contributed by atoms with van der Waals surface area (Å²) in [4.78, 5) is 28.4. The van der Waals surface area contributed by atoms with Gasteiger partial charge in [0.25, 0.3) is 5.09 Å². The second-order valence-electron chi connectivity index (χ2n) is 3.91. The van der Waals surface area contributed by atoms with E-state index in [1.807, 2.05) is 0 Å². The van der Waals surface area contributed by atoms with Crippen molar-refractivity contribution in [3.63, 3.8) is 0 Å². The lowest BCUT2D eigenvalue weighted by Crippen LogP contribution is -2.33. The van der Waals surface area contributed by atoms with Crippen LogP contribution in [-0.4, -0.2) is 40.3 Å². The molecule has 1 N–H and O–H groups in total. The molecule has 0 aliphatic heterocycles. The standard InChI is InChI=1S/C7H15N2O7/c1-7(2,3)14-4-6(16-9(12)13)5-15-8(10)11/h6H,4-5H2,1-3H3,(H,10,11)/q+1.